The maximum absolute atomic E-state index is 11.5. The lowest BCUT2D eigenvalue weighted by molar-refractivity contribution is -0.115. The van der Waals surface area contributed by atoms with Crippen molar-refractivity contribution in [3.63, 3.8) is 0 Å². The zero-order chi connectivity index (χ0) is 15.3. The summed E-state index contributed by atoms with van der Waals surface area (Å²) in [7, 11) is 0. The van der Waals surface area contributed by atoms with Crippen LogP contribution in [0.25, 0.3) is 0 Å². The molecule has 0 heterocycles. The van der Waals surface area contributed by atoms with Gasteiger partial charge in [-0.3, -0.25) is 10.2 Å². The summed E-state index contributed by atoms with van der Waals surface area (Å²) in [6.07, 6.45) is 0. The van der Waals surface area contributed by atoms with Crippen LogP contribution in [0.1, 0.15) is 12.5 Å². The molecule has 0 radical (unpaired) electrons. The highest BCUT2D eigenvalue weighted by molar-refractivity contribution is 7.80. The topological polar surface area (TPSA) is 79.5 Å². The fourth-order valence-electron chi connectivity index (χ4n) is 1.20. The number of nitrogens with zero attached hydrogens (tertiary/aromatic N) is 1. The number of anilines is 1. The molecule has 0 unspecified atom stereocenters. The molecule has 1 aromatic rings. The fourth-order valence-corrected chi connectivity index (χ4v) is 1.39. The van der Waals surface area contributed by atoms with Gasteiger partial charge < -0.3 is 11.1 Å². The SMILES string of the molecule is C/C(=N\NC(N)=S)c1ccc(NC(=O)C(Cl)(Cl)Cl)cc1. The molecule has 0 bridgehead atoms. The van der Waals surface area contributed by atoms with E-state index in [4.69, 9.17) is 40.5 Å². The lowest BCUT2D eigenvalue weighted by atomic mass is 10.1. The van der Waals surface area contributed by atoms with E-state index >= 15 is 0 Å². The summed E-state index contributed by atoms with van der Waals surface area (Å²) in [5.74, 6) is -0.726. The van der Waals surface area contributed by atoms with Gasteiger partial charge in [0.2, 0.25) is 0 Å². The molecule has 0 fully saturated rings. The van der Waals surface area contributed by atoms with E-state index in [1.807, 2.05) is 0 Å². The van der Waals surface area contributed by atoms with E-state index in [1.54, 1.807) is 31.2 Å². The van der Waals surface area contributed by atoms with Gasteiger partial charge in [-0.1, -0.05) is 46.9 Å². The van der Waals surface area contributed by atoms with Gasteiger partial charge in [0.1, 0.15) is 0 Å². The van der Waals surface area contributed by atoms with Crippen LogP contribution in [0, 0.1) is 0 Å². The number of nitrogens with one attached hydrogen (secondary N) is 2. The zero-order valence-electron chi connectivity index (χ0n) is 10.3. The molecule has 0 spiro atoms. The summed E-state index contributed by atoms with van der Waals surface area (Å²) in [5.41, 5.74) is 9.75. The highest BCUT2D eigenvalue weighted by Crippen LogP contribution is 2.27. The Morgan fingerprint density at radius 3 is 2.30 bits per heavy atom. The maximum Gasteiger partial charge on any atom is 0.276 e. The largest absolute Gasteiger partial charge is 0.375 e. The molecule has 20 heavy (non-hydrogen) atoms. The minimum absolute atomic E-state index is 0.0795. The lowest BCUT2D eigenvalue weighted by Crippen LogP contribution is -2.27. The Balaban J connectivity index is 2.77. The Labute approximate surface area is 136 Å². The van der Waals surface area contributed by atoms with Gasteiger partial charge in [0, 0.05) is 5.69 Å². The zero-order valence-corrected chi connectivity index (χ0v) is 13.4. The van der Waals surface area contributed by atoms with Gasteiger partial charge in [0.25, 0.3) is 9.70 Å². The van der Waals surface area contributed by atoms with E-state index in [-0.39, 0.29) is 5.11 Å². The first-order chi connectivity index (χ1) is 9.20. The number of halogens is 3. The van der Waals surface area contributed by atoms with E-state index in [9.17, 15) is 4.79 Å². The number of hydrogen-bond acceptors (Lipinski definition) is 3. The first-order valence-electron chi connectivity index (χ1n) is 5.28. The maximum atomic E-state index is 11.5. The Hall–Kier alpha value is -1.08. The van der Waals surface area contributed by atoms with Gasteiger partial charge >= 0.3 is 0 Å². The van der Waals surface area contributed by atoms with Crippen LogP contribution >= 0.6 is 47.0 Å². The lowest BCUT2D eigenvalue weighted by Gasteiger charge is -2.11. The Kier molecular flexibility index (Phi) is 6.01. The van der Waals surface area contributed by atoms with Crippen molar-refractivity contribution < 1.29 is 4.79 Å². The average Bonchev–Trinajstić information content (AvgIpc) is 2.35. The Morgan fingerprint density at radius 1 is 1.30 bits per heavy atom. The number of amides is 1. The second-order valence-electron chi connectivity index (χ2n) is 3.70. The number of carbonyl (C=O) groups is 1. The minimum atomic E-state index is -2.00. The van der Waals surface area contributed by atoms with Crippen molar-refractivity contribution in [2.45, 2.75) is 10.7 Å². The highest BCUT2D eigenvalue weighted by Gasteiger charge is 2.30. The van der Waals surface area contributed by atoms with Gasteiger partial charge in [0.15, 0.2) is 5.11 Å². The molecule has 0 saturated heterocycles. The average molecular weight is 354 g/mol. The van der Waals surface area contributed by atoms with E-state index in [2.05, 4.69) is 28.1 Å². The molecule has 5 nitrogen and oxygen atoms in total. The van der Waals surface area contributed by atoms with Crippen LogP contribution in [0.2, 0.25) is 0 Å². The predicted octanol–water partition coefficient (Wildman–Crippen LogP) is 2.55. The van der Waals surface area contributed by atoms with E-state index in [0.29, 0.717) is 11.4 Å². The third-order valence-electron chi connectivity index (χ3n) is 2.15. The summed E-state index contributed by atoms with van der Waals surface area (Å²) in [5, 5.41) is 6.52. The molecule has 1 aromatic carbocycles. The van der Waals surface area contributed by atoms with Crippen LogP contribution in [-0.4, -0.2) is 20.5 Å². The molecule has 1 amide bonds. The third-order valence-corrected chi connectivity index (χ3v) is 2.76. The van der Waals surface area contributed by atoms with Gasteiger partial charge in [-0.2, -0.15) is 5.10 Å². The molecule has 108 valence electrons. The van der Waals surface area contributed by atoms with E-state index in [1.165, 1.54) is 0 Å². The number of hydrazone groups is 1. The first kappa shape index (κ1) is 17.0. The Morgan fingerprint density at radius 2 is 1.85 bits per heavy atom. The van der Waals surface area contributed by atoms with Crippen molar-refractivity contribution in [3.05, 3.63) is 29.8 Å². The third kappa shape index (κ3) is 5.50. The number of carbonyl (C=O) groups excluding carboxylic acids is 1. The summed E-state index contributed by atoms with van der Waals surface area (Å²) < 4.78 is -2.00. The van der Waals surface area contributed by atoms with Gasteiger partial charge in [0.05, 0.1) is 5.71 Å². The highest BCUT2D eigenvalue weighted by atomic mass is 35.6. The van der Waals surface area contributed by atoms with Crippen LogP contribution in [0.4, 0.5) is 5.69 Å². The number of thiocarbonyl (C=S) groups is 1. The van der Waals surface area contributed by atoms with Crippen molar-refractivity contribution in [1.29, 1.82) is 0 Å². The van der Waals surface area contributed by atoms with Crippen molar-refractivity contribution in [1.82, 2.24) is 5.43 Å². The predicted molar refractivity (Wildman–Crippen MR) is 87.5 cm³/mol. The van der Waals surface area contributed by atoms with Gasteiger partial charge in [-0.15, -0.1) is 0 Å². The molecule has 9 heteroatoms. The van der Waals surface area contributed by atoms with Crippen molar-refractivity contribution in [2.24, 2.45) is 10.8 Å². The van der Waals surface area contributed by atoms with Gasteiger partial charge in [-0.25, -0.2) is 0 Å². The number of rotatable bonds is 3. The smallest absolute Gasteiger partial charge is 0.276 e. The molecule has 4 N–H and O–H groups in total. The van der Waals surface area contributed by atoms with Crippen LogP contribution in [0.3, 0.4) is 0 Å². The molecule has 1 rings (SSSR count). The molecular weight excluding hydrogens is 343 g/mol. The summed E-state index contributed by atoms with van der Waals surface area (Å²) in [6, 6.07) is 6.80. The summed E-state index contributed by atoms with van der Waals surface area (Å²) >= 11 is 21.0. The molecule has 0 aromatic heterocycles. The normalized spacial score (nSPS) is 11.9. The molecule has 0 saturated carbocycles. The van der Waals surface area contributed by atoms with E-state index in [0.717, 1.165) is 5.56 Å². The summed E-state index contributed by atoms with van der Waals surface area (Å²) in [4.78, 5) is 11.5. The molecule has 0 atom stereocenters. The molecule has 0 aliphatic rings. The number of alkyl halides is 3. The van der Waals surface area contributed by atoms with Crippen LogP contribution in [0.5, 0.6) is 0 Å². The minimum Gasteiger partial charge on any atom is -0.375 e. The molecule has 0 aliphatic carbocycles. The second-order valence-corrected chi connectivity index (χ2v) is 6.42. The standard InChI is InChI=1S/C11H11Cl3N4OS/c1-6(17-18-10(15)20)7-2-4-8(5-3-7)16-9(19)11(12,13)14/h2-5H,1H3,(H,16,19)(H3,15,18,20)/b17-6+. The first-order valence-corrected chi connectivity index (χ1v) is 6.82. The van der Waals surface area contributed by atoms with Crippen LogP contribution < -0.4 is 16.5 Å². The number of hydrogen-bond donors (Lipinski definition) is 3. The van der Waals surface area contributed by atoms with Crippen LogP contribution in [-0.2, 0) is 4.79 Å². The quantitative estimate of drug-likeness (QED) is 0.338. The second kappa shape index (κ2) is 7.08. The number of benzene rings is 1. The summed E-state index contributed by atoms with van der Waals surface area (Å²) in [6.45, 7) is 1.78. The Bertz CT molecular complexity index is 540. The molecule has 0 aliphatic heterocycles. The van der Waals surface area contributed by atoms with Crippen LogP contribution in [0.15, 0.2) is 29.4 Å². The molecular formula is C11H11Cl3N4OS. The van der Waals surface area contributed by atoms with Crippen molar-refractivity contribution >= 4 is 69.4 Å². The van der Waals surface area contributed by atoms with Crippen molar-refractivity contribution in [2.75, 3.05) is 5.32 Å². The van der Waals surface area contributed by atoms with Crippen molar-refractivity contribution in [3.8, 4) is 0 Å². The number of nitrogens with two attached hydrogens (primary N) is 1. The van der Waals surface area contributed by atoms with E-state index < -0.39 is 9.70 Å². The monoisotopic (exact) mass is 352 g/mol. The fraction of sp³-hybridized carbons (Fsp3) is 0.182. The van der Waals surface area contributed by atoms with Gasteiger partial charge in [-0.05, 0) is 36.8 Å².